The molecule has 5 nitrogen and oxygen atoms in total. The number of ketones is 1. The summed E-state index contributed by atoms with van der Waals surface area (Å²) < 4.78 is 0. The highest BCUT2D eigenvalue weighted by Crippen LogP contribution is 2.62. The minimum atomic E-state index is -0.259. The Morgan fingerprint density at radius 1 is 0.971 bits per heavy atom. The van der Waals surface area contributed by atoms with Crippen LogP contribution in [0.25, 0.3) is 0 Å². The third kappa shape index (κ3) is 4.45. The van der Waals surface area contributed by atoms with Gasteiger partial charge in [0, 0.05) is 29.7 Å². The van der Waals surface area contributed by atoms with Gasteiger partial charge in [-0.25, -0.2) is 0 Å². The van der Waals surface area contributed by atoms with Crippen LogP contribution in [-0.2, 0) is 0 Å². The van der Waals surface area contributed by atoms with E-state index in [-0.39, 0.29) is 51.8 Å². The number of fused-ring (bicyclic) bond motifs is 1. The van der Waals surface area contributed by atoms with Gasteiger partial charge in [0.05, 0.1) is 0 Å². The lowest BCUT2D eigenvalue weighted by Crippen LogP contribution is -2.57. The van der Waals surface area contributed by atoms with E-state index in [1.54, 1.807) is 0 Å². The van der Waals surface area contributed by atoms with Crippen LogP contribution in [0.5, 0.6) is 11.5 Å². The first-order valence-electron chi connectivity index (χ1n) is 12.4. The van der Waals surface area contributed by atoms with Crippen molar-refractivity contribution in [2.45, 2.75) is 53.4 Å². The Bertz CT molecular complexity index is 1040. The predicted octanol–water partition coefficient (Wildman–Crippen LogP) is 5.82. The highest BCUT2D eigenvalue weighted by molar-refractivity contribution is 5.99. The molecule has 0 saturated heterocycles. The average Bonchev–Trinajstić information content (AvgIpc) is 2.77. The molecule has 5 unspecified atom stereocenters. The zero-order valence-corrected chi connectivity index (χ0v) is 20.7. The SMILES string of the molecule is CC1C(CNC(=O)c2ccccc2)CC2C(C)(C)CCCC2(C)C1C(=O)c1cc(O)cc(O)c1. The van der Waals surface area contributed by atoms with Crippen LogP contribution in [0.4, 0.5) is 0 Å². The van der Waals surface area contributed by atoms with Crippen molar-refractivity contribution in [1.29, 1.82) is 0 Å². The van der Waals surface area contributed by atoms with Gasteiger partial charge < -0.3 is 15.5 Å². The number of Topliss-reactive ketones (excluding diaryl/α,β-unsaturated/α-hetero) is 1. The molecule has 2 aliphatic rings. The number of phenols is 2. The molecule has 2 saturated carbocycles. The molecule has 182 valence electrons. The summed E-state index contributed by atoms with van der Waals surface area (Å²) in [6, 6.07) is 13.4. The molecule has 2 aliphatic carbocycles. The minimum Gasteiger partial charge on any atom is -0.508 e. The molecule has 0 heterocycles. The summed E-state index contributed by atoms with van der Waals surface area (Å²) in [5.41, 5.74) is 0.900. The molecule has 0 spiro atoms. The molecular weight excluding hydrogens is 426 g/mol. The maximum atomic E-state index is 14.0. The lowest BCUT2D eigenvalue weighted by atomic mass is 9.44. The van der Waals surface area contributed by atoms with Crippen LogP contribution in [0.2, 0.25) is 0 Å². The molecule has 0 aliphatic heterocycles. The van der Waals surface area contributed by atoms with Crippen molar-refractivity contribution in [3.8, 4) is 11.5 Å². The summed E-state index contributed by atoms with van der Waals surface area (Å²) in [6.45, 7) is 9.54. The molecule has 2 aromatic rings. The van der Waals surface area contributed by atoms with Gasteiger partial charge in [0.2, 0.25) is 0 Å². The molecule has 0 aromatic heterocycles. The van der Waals surface area contributed by atoms with Crippen LogP contribution in [0.15, 0.2) is 48.5 Å². The van der Waals surface area contributed by atoms with Gasteiger partial charge in [-0.1, -0.05) is 52.3 Å². The molecule has 0 bridgehead atoms. The van der Waals surface area contributed by atoms with Crippen molar-refractivity contribution in [2.75, 3.05) is 6.54 Å². The minimum absolute atomic E-state index is 0.0250. The number of hydrogen-bond donors (Lipinski definition) is 3. The lowest BCUT2D eigenvalue weighted by Gasteiger charge is -2.60. The fraction of sp³-hybridized carbons (Fsp3) is 0.517. The fourth-order valence-electron chi connectivity index (χ4n) is 7.16. The van der Waals surface area contributed by atoms with E-state index in [1.165, 1.54) is 18.2 Å². The summed E-state index contributed by atoms with van der Waals surface area (Å²) in [5.74, 6) is -0.0543. The van der Waals surface area contributed by atoms with Gasteiger partial charge >= 0.3 is 0 Å². The number of carbonyl (C=O) groups excluding carboxylic acids is 2. The van der Waals surface area contributed by atoms with E-state index < -0.39 is 0 Å². The highest BCUT2D eigenvalue weighted by atomic mass is 16.3. The second-order valence-corrected chi connectivity index (χ2v) is 11.4. The molecule has 5 atom stereocenters. The van der Waals surface area contributed by atoms with Gasteiger partial charge in [0.25, 0.3) is 5.91 Å². The fourth-order valence-corrected chi connectivity index (χ4v) is 7.16. The summed E-state index contributed by atoms with van der Waals surface area (Å²) >= 11 is 0. The Hall–Kier alpha value is -2.82. The molecule has 34 heavy (non-hydrogen) atoms. The van der Waals surface area contributed by atoms with Crippen molar-refractivity contribution < 1.29 is 19.8 Å². The van der Waals surface area contributed by atoms with Gasteiger partial charge in [-0.15, -0.1) is 0 Å². The summed E-state index contributed by atoms with van der Waals surface area (Å²) in [4.78, 5) is 26.7. The highest BCUT2D eigenvalue weighted by Gasteiger charge is 2.58. The Morgan fingerprint density at radius 2 is 1.62 bits per heavy atom. The van der Waals surface area contributed by atoms with E-state index >= 15 is 0 Å². The van der Waals surface area contributed by atoms with Crippen LogP contribution in [0.1, 0.15) is 74.1 Å². The number of rotatable bonds is 5. The number of benzene rings is 2. The Kier molecular flexibility index (Phi) is 6.50. The van der Waals surface area contributed by atoms with Crippen LogP contribution >= 0.6 is 0 Å². The molecule has 0 radical (unpaired) electrons. The zero-order valence-electron chi connectivity index (χ0n) is 20.7. The van der Waals surface area contributed by atoms with Crippen molar-refractivity contribution in [2.24, 2.45) is 34.5 Å². The molecule has 2 fully saturated rings. The monoisotopic (exact) mass is 463 g/mol. The number of aromatic hydroxyl groups is 2. The Morgan fingerprint density at radius 3 is 2.26 bits per heavy atom. The first kappa shape index (κ1) is 24.3. The third-order valence-corrected chi connectivity index (χ3v) is 8.82. The number of carbonyl (C=O) groups is 2. The van der Waals surface area contributed by atoms with E-state index in [0.717, 1.165) is 25.7 Å². The summed E-state index contributed by atoms with van der Waals surface area (Å²) in [6.07, 6.45) is 4.15. The van der Waals surface area contributed by atoms with Gasteiger partial charge in [-0.3, -0.25) is 9.59 Å². The van der Waals surface area contributed by atoms with Crippen molar-refractivity contribution in [1.82, 2.24) is 5.32 Å². The average molecular weight is 464 g/mol. The number of amides is 1. The second-order valence-electron chi connectivity index (χ2n) is 11.4. The van der Waals surface area contributed by atoms with E-state index in [2.05, 4.69) is 33.0 Å². The van der Waals surface area contributed by atoms with Crippen molar-refractivity contribution >= 4 is 11.7 Å². The number of nitrogens with one attached hydrogen (secondary N) is 1. The van der Waals surface area contributed by atoms with E-state index in [1.807, 2.05) is 30.3 Å². The normalized spacial score (nSPS) is 30.2. The van der Waals surface area contributed by atoms with Crippen LogP contribution < -0.4 is 5.32 Å². The zero-order chi connectivity index (χ0) is 24.7. The van der Waals surface area contributed by atoms with Gasteiger partial charge in [-0.05, 0) is 72.1 Å². The quantitative estimate of drug-likeness (QED) is 0.488. The largest absolute Gasteiger partial charge is 0.508 e. The summed E-state index contributed by atoms with van der Waals surface area (Å²) in [7, 11) is 0. The van der Waals surface area contributed by atoms with E-state index in [9.17, 15) is 19.8 Å². The predicted molar refractivity (Wildman–Crippen MR) is 133 cm³/mol. The van der Waals surface area contributed by atoms with Crippen LogP contribution in [-0.4, -0.2) is 28.4 Å². The number of phenolic OH excluding ortho intramolecular Hbond substituents is 2. The molecule has 5 heteroatoms. The molecule has 3 N–H and O–H groups in total. The van der Waals surface area contributed by atoms with Crippen molar-refractivity contribution in [3.63, 3.8) is 0 Å². The van der Waals surface area contributed by atoms with Crippen LogP contribution in [0, 0.1) is 34.5 Å². The summed E-state index contributed by atoms with van der Waals surface area (Å²) in [5, 5.41) is 23.2. The lowest BCUT2D eigenvalue weighted by molar-refractivity contribution is -0.101. The smallest absolute Gasteiger partial charge is 0.251 e. The van der Waals surface area contributed by atoms with E-state index in [4.69, 9.17) is 0 Å². The third-order valence-electron chi connectivity index (χ3n) is 8.82. The molecular formula is C29H37NO4. The Labute approximate surface area is 202 Å². The van der Waals surface area contributed by atoms with Crippen LogP contribution in [0.3, 0.4) is 0 Å². The van der Waals surface area contributed by atoms with Gasteiger partial charge in [0.15, 0.2) is 5.78 Å². The van der Waals surface area contributed by atoms with Crippen molar-refractivity contribution in [3.05, 3.63) is 59.7 Å². The van der Waals surface area contributed by atoms with Gasteiger partial charge in [0.1, 0.15) is 11.5 Å². The first-order chi connectivity index (χ1) is 16.0. The maximum absolute atomic E-state index is 14.0. The molecule has 2 aromatic carbocycles. The van der Waals surface area contributed by atoms with E-state index in [0.29, 0.717) is 23.6 Å². The second kappa shape index (κ2) is 9.09. The standard InChI is InChI=1S/C29H37NO4/c1-18-21(17-30-27(34)19-9-6-5-7-10-19)15-24-28(2,3)11-8-12-29(24,4)25(18)26(33)20-13-22(31)16-23(32)14-20/h5-7,9-10,13-14,16,18,21,24-25,31-32H,8,11-12,15,17H2,1-4H3,(H,30,34). The first-order valence-corrected chi connectivity index (χ1v) is 12.4. The topological polar surface area (TPSA) is 86.6 Å². The van der Waals surface area contributed by atoms with Gasteiger partial charge in [-0.2, -0.15) is 0 Å². The number of hydrogen-bond acceptors (Lipinski definition) is 4. The molecule has 1 amide bonds. The maximum Gasteiger partial charge on any atom is 0.251 e. The Balaban J connectivity index is 1.66. The molecule has 4 rings (SSSR count).